The van der Waals surface area contributed by atoms with E-state index in [0.29, 0.717) is 30.2 Å². The highest BCUT2D eigenvalue weighted by atomic mass is 32.1. The zero-order valence-electron chi connectivity index (χ0n) is 20.6. The van der Waals surface area contributed by atoms with Crippen molar-refractivity contribution in [2.24, 2.45) is 5.73 Å². The van der Waals surface area contributed by atoms with Crippen LogP contribution in [0.2, 0.25) is 0 Å². The maximum atomic E-state index is 14.1. The lowest BCUT2D eigenvalue weighted by atomic mass is 10.0. The number of nitrogen functional groups attached to an aromatic ring is 1. The van der Waals surface area contributed by atoms with Crippen LogP contribution in [0.5, 0.6) is 5.75 Å². The van der Waals surface area contributed by atoms with Crippen LogP contribution < -0.4 is 26.4 Å². The Balaban J connectivity index is 1.81. The maximum absolute atomic E-state index is 14.1. The molecule has 2 heterocycles. The number of hydrogen-bond acceptors (Lipinski definition) is 8. The first-order chi connectivity index (χ1) is 17.8. The van der Waals surface area contributed by atoms with Gasteiger partial charge < -0.3 is 26.3 Å². The predicted octanol–water partition coefficient (Wildman–Crippen LogP) is 2.82. The van der Waals surface area contributed by atoms with Gasteiger partial charge in [-0.25, -0.2) is 0 Å². The molecule has 0 aliphatic carbocycles. The summed E-state index contributed by atoms with van der Waals surface area (Å²) in [5.41, 5.74) is 13.1. The molecule has 1 aliphatic rings. The van der Waals surface area contributed by atoms with Crippen LogP contribution in [0.4, 0.5) is 11.4 Å². The molecule has 3 amide bonds. The molecule has 0 saturated carbocycles. The fourth-order valence-corrected chi connectivity index (χ4v) is 4.96. The molecule has 1 aliphatic heterocycles. The second kappa shape index (κ2) is 11.4. The monoisotopic (exact) mass is 523 g/mol. The number of methoxy groups -OCH3 is 1. The zero-order valence-corrected chi connectivity index (χ0v) is 21.4. The number of nitrogens with zero attached hydrogens (tertiary/aromatic N) is 2. The Morgan fingerprint density at radius 3 is 2.59 bits per heavy atom. The standard InChI is InChI=1S/C26H29N5O5S/c1-15-5-3-6-17(13-15)31(26(34)23-20(27)21(24(28)32)30-37-23)22(16-8-10-18(35-2)11-9-16)25(33)29-14-19-7-4-12-36-19/h3,5-6,8-11,13,19,22H,4,7,12,14,27H2,1-2H3,(H2,28,32)(H,29,33)/t19-,22+/m0/s1. The lowest BCUT2D eigenvalue weighted by Gasteiger charge is -2.32. The van der Waals surface area contributed by atoms with Gasteiger partial charge in [-0.3, -0.25) is 19.3 Å². The van der Waals surface area contributed by atoms with Crippen LogP contribution in [0.25, 0.3) is 0 Å². The molecule has 1 saturated heterocycles. The zero-order chi connectivity index (χ0) is 26.5. The number of amides is 3. The molecule has 1 fully saturated rings. The minimum atomic E-state index is -1.07. The molecule has 2 aromatic carbocycles. The van der Waals surface area contributed by atoms with E-state index in [4.69, 9.17) is 20.9 Å². The Hall–Kier alpha value is -3.96. The van der Waals surface area contributed by atoms with Gasteiger partial charge in [0.15, 0.2) is 5.69 Å². The molecule has 37 heavy (non-hydrogen) atoms. The van der Waals surface area contributed by atoms with Gasteiger partial charge in [-0.1, -0.05) is 24.3 Å². The van der Waals surface area contributed by atoms with Gasteiger partial charge in [0.2, 0.25) is 5.91 Å². The normalized spacial score (nSPS) is 15.7. The Morgan fingerprint density at radius 1 is 1.24 bits per heavy atom. The molecule has 4 rings (SSSR count). The average Bonchev–Trinajstić information content (AvgIpc) is 3.55. The van der Waals surface area contributed by atoms with Crippen LogP contribution in [0.3, 0.4) is 0 Å². The molecular weight excluding hydrogens is 494 g/mol. The molecular formula is C26H29N5O5S. The van der Waals surface area contributed by atoms with Crippen molar-refractivity contribution >= 4 is 40.6 Å². The third kappa shape index (κ3) is 5.73. The number of primary amides is 1. The van der Waals surface area contributed by atoms with Gasteiger partial charge in [-0.05, 0) is 66.7 Å². The van der Waals surface area contributed by atoms with E-state index in [2.05, 4.69) is 9.69 Å². The molecule has 3 aromatic rings. The summed E-state index contributed by atoms with van der Waals surface area (Å²) in [6, 6.07) is 13.1. The number of ether oxygens (including phenoxy) is 2. The molecule has 0 radical (unpaired) electrons. The second-order valence-corrected chi connectivity index (χ2v) is 9.48. The van der Waals surface area contributed by atoms with Crippen molar-refractivity contribution in [3.8, 4) is 5.75 Å². The molecule has 10 nitrogen and oxygen atoms in total. The fraction of sp³-hybridized carbons (Fsp3) is 0.308. The number of carbonyl (C=O) groups is 3. The summed E-state index contributed by atoms with van der Waals surface area (Å²) >= 11 is 0.765. The number of anilines is 2. The first kappa shape index (κ1) is 26.1. The smallest absolute Gasteiger partial charge is 0.273 e. The summed E-state index contributed by atoms with van der Waals surface area (Å²) < 4.78 is 14.9. The van der Waals surface area contributed by atoms with Crippen molar-refractivity contribution in [2.75, 3.05) is 30.9 Å². The van der Waals surface area contributed by atoms with Gasteiger partial charge in [-0.15, -0.1) is 0 Å². The topological polar surface area (TPSA) is 150 Å². The van der Waals surface area contributed by atoms with E-state index in [1.807, 2.05) is 13.0 Å². The minimum Gasteiger partial charge on any atom is -0.497 e. The van der Waals surface area contributed by atoms with Crippen LogP contribution in [0, 0.1) is 6.92 Å². The van der Waals surface area contributed by atoms with Gasteiger partial charge in [-0.2, -0.15) is 4.37 Å². The minimum absolute atomic E-state index is 0.0146. The van der Waals surface area contributed by atoms with Crippen LogP contribution in [0.1, 0.15) is 50.2 Å². The second-order valence-electron chi connectivity index (χ2n) is 8.71. The molecule has 11 heteroatoms. The maximum Gasteiger partial charge on any atom is 0.273 e. The lowest BCUT2D eigenvalue weighted by Crippen LogP contribution is -2.45. The van der Waals surface area contributed by atoms with E-state index >= 15 is 0 Å². The van der Waals surface area contributed by atoms with Crippen molar-refractivity contribution in [3.05, 3.63) is 70.2 Å². The predicted molar refractivity (Wildman–Crippen MR) is 141 cm³/mol. The molecule has 0 unspecified atom stereocenters. The summed E-state index contributed by atoms with van der Waals surface area (Å²) in [6.45, 7) is 2.86. The van der Waals surface area contributed by atoms with Crippen LogP contribution in [-0.4, -0.2) is 48.5 Å². The SMILES string of the molecule is COc1ccc([C@H](C(=O)NC[C@@H]2CCCO2)N(C(=O)c2snc(C(N)=O)c2N)c2cccc(C)c2)cc1. The largest absolute Gasteiger partial charge is 0.497 e. The van der Waals surface area contributed by atoms with Crippen molar-refractivity contribution in [1.82, 2.24) is 9.69 Å². The van der Waals surface area contributed by atoms with Crippen LogP contribution in [0.15, 0.2) is 48.5 Å². The molecule has 0 spiro atoms. The quantitative estimate of drug-likeness (QED) is 0.390. The summed E-state index contributed by atoms with van der Waals surface area (Å²) in [5, 5.41) is 2.95. The molecule has 194 valence electrons. The lowest BCUT2D eigenvalue weighted by molar-refractivity contribution is -0.123. The van der Waals surface area contributed by atoms with E-state index in [0.717, 1.165) is 29.9 Å². The van der Waals surface area contributed by atoms with Gasteiger partial charge >= 0.3 is 0 Å². The van der Waals surface area contributed by atoms with Crippen molar-refractivity contribution in [2.45, 2.75) is 31.9 Å². The number of aromatic nitrogens is 1. The van der Waals surface area contributed by atoms with E-state index < -0.39 is 23.8 Å². The highest BCUT2D eigenvalue weighted by Gasteiger charge is 2.36. The molecule has 5 N–H and O–H groups in total. The number of nitrogens with two attached hydrogens (primary N) is 2. The van der Waals surface area contributed by atoms with E-state index in [9.17, 15) is 14.4 Å². The van der Waals surface area contributed by atoms with Gasteiger partial charge in [0.1, 0.15) is 16.7 Å². The van der Waals surface area contributed by atoms with Crippen molar-refractivity contribution < 1.29 is 23.9 Å². The number of carbonyl (C=O) groups excluding carboxylic acids is 3. The Kier molecular flexibility index (Phi) is 8.04. The van der Waals surface area contributed by atoms with Gasteiger partial charge in [0, 0.05) is 18.8 Å². The fourth-order valence-electron chi connectivity index (χ4n) is 4.22. The Labute approximate surface area is 218 Å². The number of nitrogens with one attached hydrogen (secondary N) is 1. The van der Waals surface area contributed by atoms with E-state index in [1.54, 1.807) is 49.6 Å². The number of rotatable bonds is 9. The van der Waals surface area contributed by atoms with Crippen molar-refractivity contribution in [1.29, 1.82) is 0 Å². The molecule has 0 bridgehead atoms. The number of benzene rings is 2. The van der Waals surface area contributed by atoms with Crippen molar-refractivity contribution in [3.63, 3.8) is 0 Å². The highest BCUT2D eigenvalue weighted by molar-refractivity contribution is 7.09. The van der Waals surface area contributed by atoms with E-state index in [1.165, 1.54) is 4.90 Å². The summed E-state index contributed by atoms with van der Waals surface area (Å²) in [7, 11) is 1.55. The highest BCUT2D eigenvalue weighted by Crippen LogP contribution is 2.34. The first-order valence-electron chi connectivity index (χ1n) is 11.8. The van der Waals surface area contributed by atoms with Gasteiger partial charge in [0.25, 0.3) is 11.8 Å². The third-order valence-corrected chi connectivity index (χ3v) is 6.97. The van der Waals surface area contributed by atoms with Crippen LogP contribution >= 0.6 is 11.5 Å². The number of hydrogen-bond donors (Lipinski definition) is 3. The Morgan fingerprint density at radius 2 is 2.00 bits per heavy atom. The Bertz CT molecular complexity index is 1290. The summed E-state index contributed by atoms with van der Waals surface area (Å²) in [5.74, 6) is -1.21. The summed E-state index contributed by atoms with van der Waals surface area (Å²) in [4.78, 5) is 41.0. The molecule has 2 atom stereocenters. The molecule has 1 aromatic heterocycles. The average molecular weight is 524 g/mol. The first-order valence-corrected chi connectivity index (χ1v) is 12.6. The van der Waals surface area contributed by atoms with Crippen LogP contribution in [-0.2, 0) is 9.53 Å². The number of aryl methyl sites for hydroxylation is 1. The van der Waals surface area contributed by atoms with Gasteiger partial charge in [0.05, 0.1) is 18.9 Å². The summed E-state index contributed by atoms with van der Waals surface area (Å²) in [6.07, 6.45) is 1.70. The third-order valence-electron chi connectivity index (χ3n) is 6.12. The van der Waals surface area contributed by atoms with E-state index in [-0.39, 0.29) is 22.4 Å².